The molecule has 0 aliphatic rings. The highest BCUT2D eigenvalue weighted by atomic mass is 32.2. The first-order valence-electron chi connectivity index (χ1n) is 13.1. The van der Waals surface area contributed by atoms with Crippen LogP contribution in [0.3, 0.4) is 0 Å². The van der Waals surface area contributed by atoms with Gasteiger partial charge >= 0.3 is 0 Å². The number of aliphatic hydroxyl groups is 1. The SMILES string of the molecule is CO[C@H](Sc1ccccc1)[C@@H](OCc1ccccc1)[C@@H](OCc1ccccc1)[C@H](O)COCc1ccccc1. The van der Waals surface area contributed by atoms with Crippen molar-refractivity contribution < 1.29 is 24.1 Å². The summed E-state index contributed by atoms with van der Waals surface area (Å²) < 4.78 is 24.8. The van der Waals surface area contributed by atoms with Crippen molar-refractivity contribution in [1.29, 1.82) is 0 Å². The van der Waals surface area contributed by atoms with Crippen LogP contribution < -0.4 is 0 Å². The van der Waals surface area contributed by atoms with Crippen molar-refractivity contribution in [3.63, 3.8) is 0 Å². The zero-order valence-electron chi connectivity index (χ0n) is 22.2. The number of rotatable bonds is 16. The summed E-state index contributed by atoms with van der Waals surface area (Å²) >= 11 is 1.54. The molecule has 0 fully saturated rings. The van der Waals surface area contributed by atoms with Gasteiger partial charge in [0.05, 0.1) is 26.4 Å². The minimum absolute atomic E-state index is 0.0893. The Balaban J connectivity index is 1.55. The second kappa shape index (κ2) is 16.2. The Morgan fingerprint density at radius 2 is 1.03 bits per heavy atom. The molecule has 0 aliphatic carbocycles. The fourth-order valence-electron chi connectivity index (χ4n) is 4.14. The van der Waals surface area contributed by atoms with Crippen LogP contribution in [-0.2, 0) is 38.8 Å². The van der Waals surface area contributed by atoms with Gasteiger partial charge in [0.15, 0.2) is 0 Å². The van der Waals surface area contributed by atoms with E-state index in [4.69, 9.17) is 18.9 Å². The fraction of sp³-hybridized carbons (Fsp3) is 0.273. The third-order valence-corrected chi connectivity index (χ3v) is 7.41. The number of aliphatic hydroxyl groups excluding tert-OH is 1. The average Bonchev–Trinajstić information content (AvgIpc) is 3.00. The van der Waals surface area contributed by atoms with Crippen molar-refractivity contribution in [1.82, 2.24) is 0 Å². The average molecular weight is 545 g/mol. The molecule has 0 spiro atoms. The molecule has 1 N–H and O–H groups in total. The Bertz CT molecular complexity index is 1180. The highest BCUT2D eigenvalue weighted by molar-refractivity contribution is 7.99. The largest absolute Gasteiger partial charge is 0.388 e. The monoisotopic (exact) mass is 544 g/mol. The van der Waals surface area contributed by atoms with Crippen LogP contribution in [0.5, 0.6) is 0 Å². The smallest absolute Gasteiger partial charge is 0.136 e. The van der Waals surface area contributed by atoms with Gasteiger partial charge in [0.2, 0.25) is 0 Å². The molecule has 4 rings (SSSR count). The Morgan fingerprint density at radius 1 is 0.590 bits per heavy atom. The third kappa shape index (κ3) is 9.62. The maximum Gasteiger partial charge on any atom is 0.136 e. The molecule has 6 heteroatoms. The predicted octanol–water partition coefficient (Wildman–Crippen LogP) is 6.50. The number of hydrogen-bond donors (Lipinski definition) is 1. The van der Waals surface area contributed by atoms with E-state index >= 15 is 0 Å². The maximum atomic E-state index is 11.4. The van der Waals surface area contributed by atoms with Crippen LogP contribution in [-0.4, -0.2) is 42.6 Å². The molecule has 0 radical (unpaired) electrons. The lowest BCUT2D eigenvalue weighted by molar-refractivity contribution is -0.166. The van der Waals surface area contributed by atoms with E-state index in [2.05, 4.69) is 0 Å². The number of hydrogen-bond acceptors (Lipinski definition) is 6. The number of ether oxygens (including phenoxy) is 4. The zero-order valence-corrected chi connectivity index (χ0v) is 23.0. The molecule has 4 aromatic carbocycles. The first-order valence-corrected chi connectivity index (χ1v) is 14.0. The van der Waals surface area contributed by atoms with Gasteiger partial charge in [-0.25, -0.2) is 0 Å². The van der Waals surface area contributed by atoms with Crippen molar-refractivity contribution in [2.45, 2.75) is 48.5 Å². The summed E-state index contributed by atoms with van der Waals surface area (Å²) in [6, 6.07) is 39.8. The van der Waals surface area contributed by atoms with E-state index < -0.39 is 23.7 Å². The van der Waals surface area contributed by atoms with Crippen LogP contribution in [0, 0.1) is 0 Å². The highest BCUT2D eigenvalue weighted by Gasteiger charge is 2.37. The van der Waals surface area contributed by atoms with Gasteiger partial charge in [-0.3, -0.25) is 0 Å². The highest BCUT2D eigenvalue weighted by Crippen LogP contribution is 2.31. The molecule has 4 aromatic rings. The minimum atomic E-state index is -0.952. The maximum absolute atomic E-state index is 11.4. The second-order valence-corrected chi connectivity index (χ2v) is 10.3. The fourth-order valence-corrected chi connectivity index (χ4v) is 5.18. The summed E-state index contributed by atoms with van der Waals surface area (Å²) in [4.78, 5) is 1.04. The minimum Gasteiger partial charge on any atom is -0.388 e. The van der Waals surface area contributed by atoms with Gasteiger partial charge < -0.3 is 24.1 Å². The molecule has 0 aliphatic heterocycles. The lowest BCUT2D eigenvalue weighted by Gasteiger charge is -2.35. The molecular formula is C33H36O5S. The lowest BCUT2D eigenvalue weighted by atomic mass is 10.1. The molecule has 5 nitrogen and oxygen atoms in total. The Labute approximate surface area is 235 Å². The van der Waals surface area contributed by atoms with E-state index in [1.807, 2.05) is 121 Å². The van der Waals surface area contributed by atoms with Crippen LogP contribution in [0.15, 0.2) is 126 Å². The van der Waals surface area contributed by atoms with Crippen molar-refractivity contribution in [2.75, 3.05) is 13.7 Å². The summed E-state index contributed by atoms with van der Waals surface area (Å²) in [5.74, 6) is 0. The van der Waals surface area contributed by atoms with Crippen molar-refractivity contribution >= 4 is 11.8 Å². The van der Waals surface area contributed by atoms with E-state index in [0.29, 0.717) is 19.8 Å². The van der Waals surface area contributed by atoms with E-state index in [-0.39, 0.29) is 6.61 Å². The first kappa shape index (κ1) is 29.0. The Hall–Kier alpha value is -2.97. The first-order chi connectivity index (χ1) is 19.2. The van der Waals surface area contributed by atoms with Crippen LogP contribution in [0.2, 0.25) is 0 Å². The van der Waals surface area contributed by atoms with Crippen LogP contribution in [0.4, 0.5) is 0 Å². The number of methoxy groups -OCH3 is 1. The summed E-state index contributed by atoms with van der Waals surface area (Å²) in [6.45, 7) is 1.15. The molecular weight excluding hydrogens is 508 g/mol. The molecule has 0 amide bonds. The van der Waals surface area contributed by atoms with E-state index in [9.17, 15) is 5.11 Å². The Morgan fingerprint density at radius 3 is 1.51 bits per heavy atom. The Kier molecular flexibility index (Phi) is 12.1. The molecule has 0 heterocycles. The molecule has 0 saturated carbocycles. The number of thioether (sulfide) groups is 1. The molecule has 0 saturated heterocycles. The molecule has 0 aromatic heterocycles. The summed E-state index contributed by atoms with van der Waals surface area (Å²) in [5, 5.41) is 11.4. The second-order valence-electron chi connectivity index (χ2n) is 9.13. The topological polar surface area (TPSA) is 57.2 Å². The molecule has 4 atom stereocenters. The predicted molar refractivity (Wildman–Crippen MR) is 155 cm³/mol. The van der Waals surface area contributed by atoms with Gasteiger partial charge in [-0.2, -0.15) is 0 Å². The molecule has 39 heavy (non-hydrogen) atoms. The standard InChI is InChI=1S/C33H36O5S/c1-35-33(39-29-20-12-5-13-21-29)32(38-24-28-18-10-4-11-19-28)31(37-23-27-16-8-3-9-17-27)30(34)25-36-22-26-14-6-2-7-15-26/h2-21,30-34H,22-25H2,1H3/t30-,31+,32+,33-/m1/s1. The third-order valence-electron chi connectivity index (χ3n) is 6.17. The molecule has 0 unspecified atom stereocenters. The zero-order chi connectivity index (χ0) is 27.1. The van der Waals surface area contributed by atoms with Gasteiger partial charge in [-0.05, 0) is 28.8 Å². The van der Waals surface area contributed by atoms with Crippen molar-refractivity contribution in [2.24, 2.45) is 0 Å². The summed E-state index contributed by atoms with van der Waals surface area (Å²) in [6.07, 6.45) is -2.27. The van der Waals surface area contributed by atoms with Crippen molar-refractivity contribution in [3.8, 4) is 0 Å². The van der Waals surface area contributed by atoms with Crippen LogP contribution in [0.25, 0.3) is 0 Å². The van der Waals surface area contributed by atoms with Crippen molar-refractivity contribution in [3.05, 3.63) is 138 Å². The van der Waals surface area contributed by atoms with Gasteiger partial charge in [0, 0.05) is 12.0 Å². The van der Waals surface area contributed by atoms with Crippen LogP contribution in [0.1, 0.15) is 16.7 Å². The van der Waals surface area contributed by atoms with E-state index in [1.165, 1.54) is 0 Å². The van der Waals surface area contributed by atoms with Gasteiger partial charge in [0.25, 0.3) is 0 Å². The van der Waals surface area contributed by atoms with E-state index in [1.54, 1.807) is 18.9 Å². The normalized spacial score (nSPS) is 14.4. The van der Waals surface area contributed by atoms with Crippen LogP contribution >= 0.6 is 11.8 Å². The lowest BCUT2D eigenvalue weighted by Crippen LogP contribution is -2.48. The van der Waals surface area contributed by atoms with Gasteiger partial charge in [0.1, 0.15) is 23.7 Å². The molecule has 0 bridgehead atoms. The quantitative estimate of drug-likeness (QED) is 0.128. The van der Waals surface area contributed by atoms with E-state index in [0.717, 1.165) is 21.6 Å². The van der Waals surface area contributed by atoms with Gasteiger partial charge in [-0.1, -0.05) is 121 Å². The number of benzene rings is 4. The summed E-state index contributed by atoms with van der Waals surface area (Å²) in [5.41, 5.74) is 2.63. The van der Waals surface area contributed by atoms with Gasteiger partial charge in [-0.15, -0.1) is 0 Å². The summed E-state index contributed by atoms with van der Waals surface area (Å²) in [7, 11) is 1.66. The molecule has 204 valence electrons.